The minimum atomic E-state index is -0.769. The third kappa shape index (κ3) is 2.75. The van der Waals surface area contributed by atoms with Gasteiger partial charge in [0.2, 0.25) is 0 Å². The van der Waals surface area contributed by atoms with Crippen molar-refractivity contribution >= 4 is 23.4 Å². The Morgan fingerprint density at radius 1 is 1.59 bits per heavy atom. The zero-order chi connectivity index (χ0) is 12.4. The summed E-state index contributed by atoms with van der Waals surface area (Å²) in [5, 5.41) is 9.37. The second-order valence-electron chi connectivity index (χ2n) is 4.36. The van der Waals surface area contributed by atoms with Crippen molar-refractivity contribution < 1.29 is 9.90 Å². The number of hydrogen-bond donors (Lipinski definition) is 1. The number of fused-ring (bicyclic) bond motifs is 1. The summed E-state index contributed by atoms with van der Waals surface area (Å²) in [5.74, 6) is -0.769. The van der Waals surface area contributed by atoms with Crippen molar-refractivity contribution in [3.8, 4) is 0 Å². The lowest BCUT2D eigenvalue weighted by Gasteiger charge is -2.33. The van der Waals surface area contributed by atoms with E-state index in [1.807, 2.05) is 16.7 Å². The number of anilines is 1. The highest BCUT2D eigenvalue weighted by molar-refractivity contribution is 8.00. The van der Waals surface area contributed by atoms with Gasteiger partial charge in [0.1, 0.15) is 6.54 Å². The molecule has 1 aromatic carbocycles. The molecule has 0 saturated carbocycles. The Labute approximate surface area is 106 Å². The summed E-state index contributed by atoms with van der Waals surface area (Å²) in [7, 11) is 0. The summed E-state index contributed by atoms with van der Waals surface area (Å²) in [6, 6.07) is 6.32. The van der Waals surface area contributed by atoms with Crippen LogP contribution in [0.3, 0.4) is 0 Å². The molecule has 1 atom stereocenters. The van der Waals surface area contributed by atoms with Crippen molar-refractivity contribution in [2.75, 3.05) is 18.0 Å². The van der Waals surface area contributed by atoms with Gasteiger partial charge in [-0.05, 0) is 24.1 Å². The van der Waals surface area contributed by atoms with Gasteiger partial charge in [0, 0.05) is 16.7 Å². The summed E-state index contributed by atoms with van der Waals surface area (Å²) in [6.07, 6.45) is 1.02. The van der Waals surface area contributed by atoms with E-state index in [0.717, 1.165) is 18.7 Å². The normalized spacial score (nSPS) is 18.9. The molecule has 1 unspecified atom stereocenters. The molecule has 4 heteroatoms. The van der Waals surface area contributed by atoms with Crippen LogP contribution in [0.25, 0.3) is 0 Å². The number of aliphatic carboxylic acids is 1. The van der Waals surface area contributed by atoms with Gasteiger partial charge >= 0.3 is 5.97 Å². The second-order valence-corrected chi connectivity index (χ2v) is 5.84. The number of carboxylic acids is 1. The predicted molar refractivity (Wildman–Crippen MR) is 71.0 cm³/mol. The smallest absolute Gasteiger partial charge is 0.323 e. The largest absolute Gasteiger partial charge is 0.480 e. The molecule has 2 rings (SSSR count). The van der Waals surface area contributed by atoms with E-state index in [9.17, 15) is 4.79 Å². The van der Waals surface area contributed by atoms with Crippen LogP contribution in [0.5, 0.6) is 0 Å². The number of benzene rings is 1. The summed E-state index contributed by atoms with van der Waals surface area (Å²) >= 11 is 1.84. The minimum Gasteiger partial charge on any atom is -0.480 e. The van der Waals surface area contributed by atoms with E-state index in [-0.39, 0.29) is 6.54 Å². The Kier molecular flexibility index (Phi) is 3.62. The molecule has 0 radical (unpaired) electrons. The maximum absolute atomic E-state index is 10.9. The zero-order valence-electron chi connectivity index (χ0n) is 10.1. The molecule has 0 spiro atoms. The van der Waals surface area contributed by atoms with Crippen molar-refractivity contribution in [3.05, 3.63) is 23.8 Å². The maximum atomic E-state index is 10.9. The van der Waals surface area contributed by atoms with Gasteiger partial charge in [0.15, 0.2) is 0 Å². The number of hydrogen-bond acceptors (Lipinski definition) is 3. The van der Waals surface area contributed by atoms with Gasteiger partial charge in [-0.25, -0.2) is 0 Å². The lowest BCUT2D eigenvalue weighted by atomic mass is 10.1. The van der Waals surface area contributed by atoms with Crippen molar-refractivity contribution in [1.29, 1.82) is 0 Å². The van der Waals surface area contributed by atoms with Crippen molar-refractivity contribution in [2.45, 2.75) is 30.4 Å². The molecule has 0 fully saturated rings. The van der Waals surface area contributed by atoms with Crippen molar-refractivity contribution in [3.63, 3.8) is 0 Å². The van der Waals surface area contributed by atoms with Crippen LogP contribution in [-0.4, -0.2) is 29.4 Å². The van der Waals surface area contributed by atoms with E-state index in [4.69, 9.17) is 5.11 Å². The molecular formula is C13H17NO2S. The molecule has 1 aromatic rings. The van der Waals surface area contributed by atoms with Crippen molar-refractivity contribution in [2.24, 2.45) is 0 Å². The van der Waals surface area contributed by atoms with Gasteiger partial charge < -0.3 is 10.0 Å². The lowest BCUT2D eigenvalue weighted by molar-refractivity contribution is -0.135. The average Bonchev–Trinajstić information content (AvgIpc) is 2.27. The second kappa shape index (κ2) is 5.00. The molecule has 92 valence electrons. The molecule has 0 aliphatic carbocycles. The number of rotatable bonds is 3. The summed E-state index contributed by atoms with van der Waals surface area (Å²) in [5.41, 5.74) is 2.37. The Morgan fingerprint density at radius 3 is 3.00 bits per heavy atom. The van der Waals surface area contributed by atoms with Crippen LogP contribution in [0.15, 0.2) is 23.1 Å². The fraction of sp³-hybridized carbons (Fsp3) is 0.462. The zero-order valence-corrected chi connectivity index (χ0v) is 11.0. The van der Waals surface area contributed by atoms with Gasteiger partial charge in [0.05, 0.1) is 5.69 Å². The van der Waals surface area contributed by atoms with E-state index in [1.54, 1.807) is 0 Å². The topological polar surface area (TPSA) is 40.5 Å². The number of thioether (sulfide) groups is 1. The first kappa shape index (κ1) is 12.3. The monoisotopic (exact) mass is 251 g/mol. The molecule has 17 heavy (non-hydrogen) atoms. The fourth-order valence-electron chi connectivity index (χ4n) is 2.11. The van der Waals surface area contributed by atoms with E-state index < -0.39 is 5.97 Å². The van der Waals surface area contributed by atoms with Crippen molar-refractivity contribution in [1.82, 2.24) is 0 Å². The summed E-state index contributed by atoms with van der Waals surface area (Å²) in [4.78, 5) is 14.0. The van der Waals surface area contributed by atoms with Gasteiger partial charge in [-0.2, -0.15) is 0 Å². The van der Waals surface area contributed by atoms with Gasteiger partial charge in [0.25, 0.3) is 0 Å². The first-order chi connectivity index (χ1) is 8.10. The number of carboxylic acid groups (broad SMARTS) is 1. The standard InChI is InChI=1S/C13H17NO2S/c1-3-10-4-5-11-12(6-10)17-9(2)7-14(11)8-13(15)16/h4-6,9H,3,7-8H2,1-2H3,(H,15,16). The van der Waals surface area contributed by atoms with E-state index in [0.29, 0.717) is 5.25 Å². The first-order valence-corrected chi connectivity index (χ1v) is 6.74. The Bertz CT molecular complexity index is 433. The quantitative estimate of drug-likeness (QED) is 0.896. The Hall–Kier alpha value is -1.16. The molecule has 0 aromatic heterocycles. The number of aryl methyl sites for hydroxylation is 1. The highest BCUT2D eigenvalue weighted by Gasteiger charge is 2.23. The van der Waals surface area contributed by atoms with E-state index in [1.165, 1.54) is 10.5 Å². The Morgan fingerprint density at radius 2 is 2.35 bits per heavy atom. The maximum Gasteiger partial charge on any atom is 0.323 e. The Balaban J connectivity index is 2.33. The van der Waals surface area contributed by atoms with Gasteiger partial charge in [-0.3, -0.25) is 4.79 Å². The first-order valence-electron chi connectivity index (χ1n) is 5.86. The molecule has 1 aliphatic heterocycles. The van der Waals surface area contributed by atoms with Crippen LogP contribution in [0.1, 0.15) is 19.4 Å². The van der Waals surface area contributed by atoms with Crippen LogP contribution in [-0.2, 0) is 11.2 Å². The average molecular weight is 251 g/mol. The molecule has 1 heterocycles. The third-order valence-corrected chi connectivity index (χ3v) is 4.04. The fourth-order valence-corrected chi connectivity index (χ4v) is 3.34. The summed E-state index contributed by atoms with van der Waals surface area (Å²) < 4.78 is 0. The number of nitrogens with zero attached hydrogens (tertiary/aromatic N) is 1. The molecule has 0 bridgehead atoms. The van der Waals surface area contributed by atoms with E-state index in [2.05, 4.69) is 32.0 Å². The lowest BCUT2D eigenvalue weighted by Crippen LogP contribution is -2.37. The van der Waals surface area contributed by atoms with E-state index >= 15 is 0 Å². The van der Waals surface area contributed by atoms with Crippen LogP contribution < -0.4 is 4.90 Å². The molecule has 3 nitrogen and oxygen atoms in total. The van der Waals surface area contributed by atoms with Crippen LogP contribution in [0, 0.1) is 0 Å². The van der Waals surface area contributed by atoms with Gasteiger partial charge in [-0.1, -0.05) is 19.9 Å². The predicted octanol–water partition coefficient (Wildman–Crippen LogP) is 2.63. The molecule has 0 saturated heterocycles. The number of carbonyl (C=O) groups is 1. The van der Waals surface area contributed by atoms with Crippen LogP contribution in [0.4, 0.5) is 5.69 Å². The highest BCUT2D eigenvalue weighted by Crippen LogP contribution is 2.38. The minimum absolute atomic E-state index is 0.0867. The SMILES string of the molecule is CCc1ccc2c(c1)SC(C)CN2CC(=O)O. The van der Waals surface area contributed by atoms with Crippen LogP contribution in [0.2, 0.25) is 0 Å². The highest BCUT2D eigenvalue weighted by atomic mass is 32.2. The van der Waals surface area contributed by atoms with Crippen LogP contribution >= 0.6 is 11.8 Å². The molecule has 1 aliphatic rings. The summed E-state index contributed by atoms with van der Waals surface area (Å²) in [6.45, 7) is 5.16. The molecule has 1 N–H and O–H groups in total. The third-order valence-electron chi connectivity index (χ3n) is 2.90. The molecule has 0 amide bonds. The van der Waals surface area contributed by atoms with Gasteiger partial charge in [-0.15, -0.1) is 11.8 Å². The molecular weight excluding hydrogens is 234 g/mol.